The van der Waals surface area contributed by atoms with Crippen molar-refractivity contribution in [2.24, 2.45) is 4.99 Å². The van der Waals surface area contributed by atoms with E-state index < -0.39 is 0 Å². The maximum Gasteiger partial charge on any atom is 0.194 e. The van der Waals surface area contributed by atoms with Crippen molar-refractivity contribution < 1.29 is 0 Å². The third-order valence-corrected chi connectivity index (χ3v) is 5.32. The van der Waals surface area contributed by atoms with E-state index in [2.05, 4.69) is 47.5 Å². The van der Waals surface area contributed by atoms with E-state index in [-0.39, 0.29) is 0 Å². The minimum absolute atomic E-state index is 0.498. The first-order chi connectivity index (χ1) is 10.3. The van der Waals surface area contributed by atoms with Crippen LogP contribution < -0.4 is 5.32 Å². The Morgan fingerprint density at radius 2 is 1.90 bits per heavy atom. The highest BCUT2D eigenvalue weighted by Crippen LogP contribution is 2.36. The van der Waals surface area contributed by atoms with Gasteiger partial charge in [0.1, 0.15) is 0 Å². The normalized spacial score (nSPS) is 34.1. The molecular formula is C18H25N3. The molecular weight excluding hydrogens is 258 g/mol. The SMILES string of the molecule is CC1CC2CCC3CC(CCc4ccccc4)N=C(N1)N32. The maximum atomic E-state index is 5.04. The Morgan fingerprint density at radius 3 is 2.71 bits per heavy atom. The summed E-state index contributed by atoms with van der Waals surface area (Å²) in [4.78, 5) is 7.64. The van der Waals surface area contributed by atoms with Gasteiger partial charge in [0.05, 0.1) is 6.04 Å². The molecule has 3 heteroatoms. The lowest BCUT2D eigenvalue weighted by atomic mass is 9.97. The molecule has 3 heterocycles. The van der Waals surface area contributed by atoms with E-state index in [1.165, 1.54) is 43.6 Å². The average molecular weight is 283 g/mol. The molecule has 1 N–H and O–H groups in total. The third-order valence-electron chi connectivity index (χ3n) is 5.32. The summed E-state index contributed by atoms with van der Waals surface area (Å²) in [5.41, 5.74) is 1.44. The Balaban J connectivity index is 1.47. The Hall–Kier alpha value is -1.51. The van der Waals surface area contributed by atoms with Gasteiger partial charge in [-0.15, -0.1) is 0 Å². The third kappa shape index (κ3) is 2.54. The molecule has 2 saturated heterocycles. The van der Waals surface area contributed by atoms with Gasteiger partial charge in [0.15, 0.2) is 5.96 Å². The summed E-state index contributed by atoms with van der Waals surface area (Å²) < 4.78 is 0. The van der Waals surface area contributed by atoms with Gasteiger partial charge in [-0.25, -0.2) is 4.99 Å². The second-order valence-electron chi connectivity index (χ2n) is 6.94. The lowest BCUT2D eigenvalue weighted by Gasteiger charge is -2.44. The van der Waals surface area contributed by atoms with Crippen LogP contribution in [0.1, 0.15) is 44.6 Å². The minimum Gasteiger partial charge on any atom is -0.354 e. The number of aryl methyl sites for hydroxylation is 1. The van der Waals surface area contributed by atoms with Crippen LogP contribution in [0.25, 0.3) is 0 Å². The Bertz CT molecular complexity index is 525. The van der Waals surface area contributed by atoms with Crippen LogP contribution in [0.3, 0.4) is 0 Å². The van der Waals surface area contributed by atoms with E-state index in [1.54, 1.807) is 0 Å². The van der Waals surface area contributed by atoms with Crippen molar-refractivity contribution in [3.05, 3.63) is 35.9 Å². The van der Waals surface area contributed by atoms with Gasteiger partial charge < -0.3 is 10.2 Å². The molecule has 1 aromatic rings. The zero-order valence-corrected chi connectivity index (χ0v) is 12.8. The molecule has 112 valence electrons. The van der Waals surface area contributed by atoms with E-state index in [4.69, 9.17) is 4.99 Å². The highest BCUT2D eigenvalue weighted by atomic mass is 15.4. The topological polar surface area (TPSA) is 27.6 Å². The molecule has 3 nitrogen and oxygen atoms in total. The van der Waals surface area contributed by atoms with E-state index in [0.717, 1.165) is 18.5 Å². The van der Waals surface area contributed by atoms with E-state index in [9.17, 15) is 0 Å². The molecule has 0 aliphatic carbocycles. The van der Waals surface area contributed by atoms with E-state index >= 15 is 0 Å². The predicted octanol–water partition coefficient (Wildman–Crippen LogP) is 2.96. The van der Waals surface area contributed by atoms with Gasteiger partial charge in [0, 0.05) is 18.1 Å². The fourth-order valence-corrected chi connectivity index (χ4v) is 4.34. The second-order valence-corrected chi connectivity index (χ2v) is 6.94. The van der Waals surface area contributed by atoms with Crippen LogP contribution in [0.2, 0.25) is 0 Å². The number of hydrogen-bond donors (Lipinski definition) is 1. The molecule has 0 saturated carbocycles. The lowest BCUT2D eigenvalue weighted by molar-refractivity contribution is 0.210. The summed E-state index contributed by atoms with van der Waals surface area (Å²) >= 11 is 0. The zero-order valence-electron chi connectivity index (χ0n) is 12.8. The van der Waals surface area contributed by atoms with Crippen molar-refractivity contribution >= 4 is 5.96 Å². The van der Waals surface area contributed by atoms with Gasteiger partial charge in [-0.1, -0.05) is 30.3 Å². The van der Waals surface area contributed by atoms with Crippen molar-refractivity contribution in [2.45, 2.75) is 69.6 Å². The number of benzene rings is 1. The maximum absolute atomic E-state index is 5.04. The molecule has 0 spiro atoms. The van der Waals surface area contributed by atoms with Crippen molar-refractivity contribution in [1.82, 2.24) is 10.2 Å². The zero-order chi connectivity index (χ0) is 14.2. The monoisotopic (exact) mass is 283 g/mol. The lowest BCUT2D eigenvalue weighted by Crippen LogP contribution is -2.59. The van der Waals surface area contributed by atoms with Crippen LogP contribution in [-0.4, -0.2) is 35.0 Å². The molecule has 21 heavy (non-hydrogen) atoms. The van der Waals surface area contributed by atoms with Crippen LogP contribution in [-0.2, 0) is 6.42 Å². The van der Waals surface area contributed by atoms with Crippen LogP contribution in [0.15, 0.2) is 35.3 Å². The molecule has 4 unspecified atom stereocenters. The highest BCUT2D eigenvalue weighted by Gasteiger charge is 2.43. The summed E-state index contributed by atoms with van der Waals surface area (Å²) in [6.07, 6.45) is 7.58. The number of nitrogens with zero attached hydrogens (tertiary/aromatic N) is 2. The first-order valence-electron chi connectivity index (χ1n) is 8.46. The summed E-state index contributed by atoms with van der Waals surface area (Å²) in [5.74, 6) is 1.20. The highest BCUT2D eigenvalue weighted by molar-refractivity contribution is 5.83. The molecule has 0 aromatic heterocycles. The van der Waals surface area contributed by atoms with Crippen LogP contribution in [0, 0.1) is 0 Å². The molecule has 4 atom stereocenters. The smallest absolute Gasteiger partial charge is 0.194 e. The predicted molar refractivity (Wildman–Crippen MR) is 86.5 cm³/mol. The van der Waals surface area contributed by atoms with Gasteiger partial charge in [0.2, 0.25) is 0 Å². The van der Waals surface area contributed by atoms with Crippen molar-refractivity contribution in [3.63, 3.8) is 0 Å². The fourth-order valence-electron chi connectivity index (χ4n) is 4.34. The molecule has 0 radical (unpaired) electrons. The molecule has 0 bridgehead atoms. The number of hydrogen-bond acceptors (Lipinski definition) is 3. The van der Waals surface area contributed by atoms with Gasteiger partial charge in [0.25, 0.3) is 0 Å². The fraction of sp³-hybridized carbons (Fsp3) is 0.611. The molecule has 4 rings (SSSR count). The van der Waals surface area contributed by atoms with Gasteiger partial charge in [-0.05, 0) is 51.0 Å². The molecule has 3 aliphatic heterocycles. The molecule has 0 amide bonds. The van der Waals surface area contributed by atoms with Crippen molar-refractivity contribution in [1.29, 1.82) is 0 Å². The Kier molecular flexibility index (Phi) is 3.36. The standard InChI is InChI=1S/C18H25N3/c1-13-11-16-9-10-17-12-15(20-18(19-13)21(16)17)8-7-14-5-3-2-4-6-14/h2-6,13,15-17H,7-12H2,1H3,(H,19,20). The minimum atomic E-state index is 0.498. The summed E-state index contributed by atoms with van der Waals surface area (Å²) in [6.45, 7) is 2.29. The van der Waals surface area contributed by atoms with Gasteiger partial charge in [-0.3, -0.25) is 0 Å². The summed E-state index contributed by atoms with van der Waals surface area (Å²) in [7, 11) is 0. The Labute approximate surface area is 127 Å². The van der Waals surface area contributed by atoms with Crippen molar-refractivity contribution in [2.75, 3.05) is 0 Å². The number of aliphatic imine (C=N–C) groups is 1. The molecule has 2 fully saturated rings. The van der Waals surface area contributed by atoms with Crippen LogP contribution >= 0.6 is 0 Å². The number of guanidine groups is 1. The summed E-state index contributed by atoms with van der Waals surface area (Å²) in [6, 6.07) is 13.4. The largest absolute Gasteiger partial charge is 0.354 e. The van der Waals surface area contributed by atoms with E-state index in [1.807, 2.05) is 0 Å². The quantitative estimate of drug-likeness (QED) is 0.923. The Morgan fingerprint density at radius 1 is 1.14 bits per heavy atom. The average Bonchev–Trinajstić information content (AvgIpc) is 2.90. The summed E-state index contributed by atoms with van der Waals surface area (Å²) in [5, 5.41) is 3.62. The number of nitrogens with one attached hydrogen (secondary N) is 1. The van der Waals surface area contributed by atoms with Gasteiger partial charge >= 0.3 is 0 Å². The number of rotatable bonds is 3. The van der Waals surface area contributed by atoms with Crippen LogP contribution in [0.5, 0.6) is 0 Å². The first kappa shape index (κ1) is 13.2. The first-order valence-corrected chi connectivity index (χ1v) is 8.46. The molecule has 3 aliphatic rings. The second kappa shape index (κ2) is 5.36. The van der Waals surface area contributed by atoms with Crippen LogP contribution in [0.4, 0.5) is 0 Å². The molecule has 1 aromatic carbocycles. The van der Waals surface area contributed by atoms with E-state index in [0.29, 0.717) is 12.1 Å². The van der Waals surface area contributed by atoms with Crippen molar-refractivity contribution in [3.8, 4) is 0 Å². The van der Waals surface area contributed by atoms with Gasteiger partial charge in [-0.2, -0.15) is 0 Å².